The number of hydrogen-bond donors (Lipinski definition) is 1. The van der Waals surface area contributed by atoms with Crippen LogP contribution in [-0.2, 0) is 14.8 Å². The highest BCUT2D eigenvalue weighted by atomic mass is 35.5. The van der Waals surface area contributed by atoms with Crippen molar-refractivity contribution in [3.05, 3.63) is 28.8 Å². The summed E-state index contributed by atoms with van der Waals surface area (Å²) in [5.41, 5.74) is -0.000828. The summed E-state index contributed by atoms with van der Waals surface area (Å²) in [6, 6.07) is 4.13. The molecule has 0 unspecified atom stereocenters. The van der Waals surface area contributed by atoms with E-state index in [2.05, 4.69) is 10.1 Å². The molecule has 1 N–H and O–H groups in total. The van der Waals surface area contributed by atoms with E-state index < -0.39 is 16.0 Å². The molecule has 2 rings (SSSR count). The number of rotatable bonds is 3. The summed E-state index contributed by atoms with van der Waals surface area (Å²) < 4.78 is 31.5. The summed E-state index contributed by atoms with van der Waals surface area (Å²) in [5.74, 6) is -0.696. The Morgan fingerprint density at radius 1 is 1.32 bits per heavy atom. The molecule has 0 radical (unpaired) electrons. The Morgan fingerprint density at radius 3 is 2.73 bits per heavy atom. The number of carbonyl (C=O) groups excluding carboxylic acids is 1. The van der Waals surface area contributed by atoms with Crippen LogP contribution in [0, 0.1) is 0 Å². The van der Waals surface area contributed by atoms with E-state index in [1.54, 1.807) is 0 Å². The van der Waals surface area contributed by atoms with Crippen LogP contribution >= 0.6 is 24.0 Å². The minimum atomic E-state index is -3.79. The maximum atomic E-state index is 12.8. The van der Waals surface area contributed by atoms with E-state index in [1.807, 2.05) is 0 Å². The number of nitrogens with zero attached hydrogens (tertiary/aromatic N) is 1. The average Bonchev–Trinajstić information content (AvgIpc) is 2.76. The van der Waals surface area contributed by atoms with Gasteiger partial charge in [0, 0.05) is 24.7 Å². The van der Waals surface area contributed by atoms with Crippen LogP contribution in [0.5, 0.6) is 0 Å². The van der Waals surface area contributed by atoms with Crippen LogP contribution in [0.15, 0.2) is 23.1 Å². The normalized spacial score (nSPS) is 16.5. The lowest BCUT2D eigenvalue weighted by molar-refractivity contribution is 0.0596. The molecule has 0 atom stereocenters. The van der Waals surface area contributed by atoms with E-state index in [9.17, 15) is 13.2 Å². The molecule has 0 amide bonds. The van der Waals surface area contributed by atoms with Crippen molar-refractivity contribution < 1.29 is 17.9 Å². The van der Waals surface area contributed by atoms with E-state index in [0.717, 1.165) is 6.54 Å². The Labute approximate surface area is 141 Å². The molecule has 9 heteroatoms. The predicted molar refractivity (Wildman–Crippen MR) is 86.3 cm³/mol. The molecular formula is C13H18Cl2N2O4S. The van der Waals surface area contributed by atoms with Crippen molar-refractivity contribution in [2.24, 2.45) is 0 Å². The summed E-state index contributed by atoms with van der Waals surface area (Å²) in [6.07, 6.45) is 0.716. The Morgan fingerprint density at radius 2 is 2.05 bits per heavy atom. The number of benzene rings is 1. The second kappa shape index (κ2) is 8.12. The zero-order valence-corrected chi connectivity index (χ0v) is 14.4. The van der Waals surface area contributed by atoms with Crippen molar-refractivity contribution in [1.29, 1.82) is 0 Å². The predicted octanol–water partition coefficient (Wildman–Crippen LogP) is 1.53. The molecule has 1 fully saturated rings. The van der Waals surface area contributed by atoms with Crippen molar-refractivity contribution in [1.82, 2.24) is 9.62 Å². The fourth-order valence-corrected chi connectivity index (χ4v) is 4.11. The molecule has 1 aliphatic rings. The Balaban J connectivity index is 0.00000242. The van der Waals surface area contributed by atoms with Gasteiger partial charge < -0.3 is 10.1 Å². The number of hydrogen-bond acceptors (Lipinski definition) is 5. The van der Waals surface area contributed by atoms with E-state index in [-0.39, 0.29) is 27.9 Å². The third-order valence-corrected chi connectivity index (χ3v) is 5.44. The van der Waals surface area contributed by atoms with Crippen molar-refractivity contribution in [3.8, 4) is 0 Å². The van der Waals surface area contributed by atoms with Crippen LogP contribution in [0.3, 0.4) is 0 Å². The van der Waals surface area contributed by atoms with Gasteiger partial charge in [-0.15, -0.1) is 12.4 Å². The first-order valence-corrected chi connectivity index (χ1v) is 8.37. The van der Waals surface area contributed by atoms with Crippen LogP contribution in [0.1, 0.15) is 16.8 Å². The quantitative estimate of drug-likeness (QED) is 0.818. The van der Waals surface area contributed by atoms with Gasteiger partial charge in [0.1, 0.15) is 0 Å². The molecule has 0 aromatic heterocycles. The lowest BCUT2D eigenvalue weighted by atomic mass is 10.2. The molecule has 6 nitrogen and oxygen atoms in total. The van der Waals surface area contributed by atoms with Crippen LogP contribution in [0.4, 0.5) is 0 Å². The molecule has 0 saturated carbocycles. The first-order chi connectivity index (χ1) is 9.96. The minimum absolute atomic E-state index is 0. The summed E-state index contributed by atoms with van der Waals surface area (Å²) in [6.45, 7) is 2.11. The molecule has 1 aromatic rings. The van der Waals surface area contributed by atoms with Gasteiger partial charge in [0.15, 0.2) is 0 Å². The van der Waals surface area contributed by atoms with Gasteiger partial charge in [-0.05, 0) is 31.2 Å². The van der Waals surface area contributed by atoms with Crippen LogP contribution in [-0.4, -0.2) is 52.0 Å². The molecule has 1 aromatic carbocycles. The lowest BCUT2D eigenvalue weighted by Crippen LogP contribution is -2.35. The van der Waals surface area contributed by atoms with Gasteiger partial charge in [-0.25, -0.2) is 13.2 Å². The van der Waals surface area contributed by atoms with Gasteiger partial charge in [-0.2, -0.15) is 4.31 Å². The SMILES string of the molecule is COC(=O)c1ccc(Cl)cc1S(=O)(=O)N1CCCNCC1.Cl. The van der Waals surface area contributed by atoms with Crippen LogP contribution < -0.4 is 5.32 Å². The second-order valence-electron chi connectivity index (χ2n) is 4.64. The van der Waals surface area contributed by atoms with Gasteiger partial charge in [0.25, 0.3) is 0 Å². The zero-order chi connectivity index (χ0) is 15.5. The smallest absolute Gasteiger partial charge is 0.339 e. The first-order valence-electron chi connectivity index (χ1n) is 6.55. The summed E-state index contributed by atoms with van der Waals surface area (Å²) >= 11 is 5.89. The highest BCUT2D eigenvalue weighted by Crippen LogP contribution is 2.25. The summed E-state index contributed by atoms with van der Waals surface area (Å²) in [7, 11) is -2.57. The van der Waals surface area contributed by atoms with E-state index in [1.165, 1.54) is 29.6 Å². The van der Waals surface area contributed by atoms with Gasteiger partial charge in [0.2, 0.25) is 10.0 Å². The van der Waals surface area contributed by atoms with E-state index in [4.69, 9.17) is 11.6 Å². The summed E-state index contributed by atoms with van der Waals surface area (Å²) in [4.78, 5) is 11.7. The Kier molecular flexibility index (Phi) is 7.08. The van der Waals surface area contributed by atoms with Crippen LogP contribution in [0.25, 0.3) is 0 Å². The maximum Gasteiger partial charge on any atom is 0.339 e. The first kappa shape index (κ1) is 19.2. The number of nitrogens with one attached hydrogen (secondary N) is 1. The van der Waals surface area contributed by atoms with E-state index in [0.29, 0.717) is 26.1 Å². The zero-order valence-electron chi connectivity index (χ0n) is 12.0. The number of ether oxygens (including phenoxy) is 1. The second-order valence-corrected chi connectivity index (χ2v) is 6.98. The van der Waals surface area contributed by atoms with Gasteiger partial charge in [0.05, 0.1) is 17.6 Å². The number of halogens is 2. The van der Waals surface area contributed by atoms with Gasteiger partial charge in [-0.3, -0.25) is 0 Å². The largest absolute Gasteiger partial charge is 0.465 e. The Bertz CT molecular complexity index is 629. The topological polar surface area (TPSA) is 75.7 Å². The lowest BCUT2D eigenvalue weighted by Gasteiger charge is -2.21. The maximum absolute atomic E-state index is 12.8. The summed E-state index contributed by atoms with van der Waals surface area (Å²) in [5, 5.41) is 3.40. The third-order valence-electron chi connectivity index (χ3n) is 3.27. The van der Waals surface area contributed by atoms with Crippen molar-refractivity contribution in [2.75, 3.05) is 33.3 Å². The van der Waals surface area contributed by atoms with Crippen LogP contribution in [0.2, 0.25) is 5.02 Å². The molecule has 1 aliphatic heterocycles. The monoisotopic (exact) mass is 368 g/mol. The molecule has 22 heavy (non-hydrogen) atoms. The molecule has 124 valence electrons. The molecule has 1 saturated heterocycles. The van der Waals surface area contributed by atoms with E-state index >= 15 is 0 Å². The molecule has 1 heterocycles. The average molecular weight is 369 g/mol. The van der Waals surface area contributed by atoms with Gasteiger partial charge >= 0.3 is 5.97 Å². The number of carbonyl (C=O) groups is 1. The molecule has 0 bridgehead atoms. The number of esters is 1. The van der Waals surface area contributed by atoms with Crippen molar-refractivity contribution >= 4 is 40.0 Å². The fraction of sp³-hybridized carbons (Fsp3) is 0.462. The minimum Gasteiger partial charge on any atom is -0.465 e. The molecular weight excluding hydrogens is 351 g/mol. The van der Waals surface area contributed by atoms with Gasteiger partial charge in [-0.1, -0.05) is 11.6 Å². The number of methoxy groups -OCH3 is 1. The standard InChI is InChI=1S/C13H17ClN2O4S.ClH/c1-20-13(17)11-4-3-10(14)9-12(11)21(18,19)16-7-2-5-15-6-8-16;/h3-4,9,15H,2,5-8H2,1H3;1H. The third kappa shape index (κ3) is 4.11. The van der Waals surface area contributed by atoms with Crippen molar-refractivity contribution in [3.63, 3.8) is 0 Å². The Hall–Kier alpha value is -0.860. The van der Waals surface area contributed by atoms with Crippen molar-refractivity contribution in [2.45, 2.75) is 11.3 Å². The highest BCUT2D eigenvalue weighted by molar-refractivity contribution is 7.89. The molecule has 0 aliphatic carbocycles. The number of sulfonamides is 1. The fourth-order valence-electron chi connectivity index (χ4n) is 2.19. The molecule has 0 spiro atoms. The highest BCUT2D eigenvalue weighted by Gasteiger charge is 2.30.